The minimum atomic E-state index is -0.0356. The number of nitrogens with one attached hydrogen (secondary N) is 2. The summed E-state index contributed by atoms with van der Waals surface area (Å²) in [5, 5.41) is 6.42. The fourth-order valence-corrected chi connectivity index (χ4v) is 3.13. The second-order valence-electron chi connectivity index (χ2n) is 6.73. The van der Waals surface area contributed by atoms with Gasteiger partial charge in [-0.05, 0) is 62.5 Å². The maximum Gasteiger partial charge on any atom is 0.251 e. The zero-order chi connectivity index (χ0) is 17.5. The van der Waals surface area contributed by atoms with Crippen LogP contribution < -0.4 is 15.4 Å². The van der Waals surface area contributed by atoms with E-state index in [4.69, 9.17) is 4.74 Å². The first-order chi connectivity index (χ1) is 12.2. The Labute approximate surface area is 161 Å². The molecule has 1 heterocycles. The highest BCUT2D eigenvalue weighted by atomic mass is 35.5. The van der Waals surface area contributed by atoms with Crippen molar-refractivity contribution in [3.63, 3.8) is 0 Å². The van der Waals surface area contributed by atoms with E-state index >= 15 is 0 Å². The van der Waals surface area contributed by atoms with Gasteiger partial charge in [-0.2, -0.15) is 0 Å². The van der Waals surface area contributed by atoms with Crippen molar-refractivity contribution in [2.24, 2.45) is 5.92 Å². The highest BCUT2D eigenvalue weighted by molar-refractivity contribution is 5.94. The number of halogens is 1. The quantitative estimate of drug-likeness (QED) is 0.810. The number of amides is 1. The van der Waals surface area contributed by atoms with E-state index < -0.39 is 0 Å². The molecule has 0 aromatic heterocycles. The third kappa shape index (κ3) is 6.04. The number of carbonyl (C=O) groups is 1. The molecule has 1 fully saturated rings. The Balaban J connectivity index is 0.00000243. The molecule has 1 amide bonds. The van der Waals surface area contributed by atoms with Crippen LogP contribution in [0.1, 0.15) is 34.3 Å². The smallest absolute Gasteiger partial charge is 0.251 e. The highest BCUT2D eigenvalue weighted by Crippen LogP contribution is 2.16. The topological polar surface area (TPSA) is 50.4 Å². The summed E-state index contributed by atoms with van der Waals surface area (Å²) in [5.74, 6) is 1.21. The highest BCUT2D eigenvalue weighted by Gasteiger charge is 2.14. The molecule has 26 heavy (non-hydrogen) atoms. The summed E-state index contributed by atoms with van der Waals surface area (Å²) >= 11 is 0. The molecule has 5 heteroatoms. The first kappa shape index (κ1) is 20.3. The van der Waals surface area contributed by atoms with E-state index in [9.17, 15) is 4.79 Å². The van der Waals surface area contributed by atoms with Gasteiger partial charge in [0.25, 0.3) is 5.91 Å². The van der Waals surface area contributed by atoms with Crippen LogP contribution in [-0.2, 0) is 6.61 Å². The molecule has 1 unspecified atom stereocenters. The van der Waals surface area contributed by atoms with Crippen LogP contribution >= 0.6 is 12.4 Å². The van der Waals surface area contributed by atoms with Crippen LogP contribution in [-0.4, -0.2) is 25.5 Å². The summed E-state index contributed by atoms with van der Waals surface area (Å²) in [4.78, 5) is 12.4. The molecule has 1 aliphatic rings. The third-order valence-corrected chi connectivity index (χ3v) is 4.53. The van der Waals surface area contributed by atoms with Crippen LogP contribution in [0.5, 0.6) is 5.75 Å². The molecule has 0 radical (unpaired) electrons. The van der Waals surface area contributed by atoms with Gasteiger partial charge in [0.05, 0.1) is 0 Å². The van der Waals surface area contributed by atoms with E-state index in [1.54, 1.807) is 0 Å². The Kier molecular flexibility index (Phi) is 7.95. The van der Waals surface area contributed by atoms with Gasteiger partial charge in [0.15, 0.2) is 0 Å². The zero-order valence-electron chi connectivity index (χ0n) is 15.2. The Morgan fingerprint density at radius 2 is 2.08 bits per heavy atom. The van der Waals surface area contributed by atoms with E-state index in [-0.39, 0.29) is 18.3 Å². The van der Waals surface area contributed by atoms with Crippen LogP contribution in [0, 0.1) is 12.8 Å². The SMILES string of the molecule is Cc1cccc(COc2cccc(C(=O)NCC3CCCNC3)c2)c1.Cl. The second-order valence-corrected chi connectivity index (χ2v) is 6.73. The first-order valence-corrected chi connectivity index (χ1v) is 8.98. The van der Waals surface area contributed by atoms with Gasteiger partial charge in [0, 0.05) is 12.1 Å². The minimum absolute atomic E-state index is 0. The van der Waals surface area contributed by atoms with E-state index in [0.717, 1.165) is 25.2 Å². The Morgan fingerprint density at radius 3 is 2.85 bits per heavy atom. The number of rotatable bonds is 6. The number of ether oxygens (including phenoxy) is 1. The number of carbonyl (C=O) groups excluding carboxylic acids is 1. The number of aryl methyl sites for hydroxylation is 1. The predicted octanol–water partition coefficient (Wildman–Crippen LogP) is 3.73. The van der Waals surface area contributed by atoms with Gasteiger partial charge in [0.1, 0.15) is 12.4 Å². The van der Waals surface area contributed by atoms with E-state index in [1.807, 2.05) is 36.4 Å². The summed E-state index contributed by atoms with van der Waals surface area (Å²) in [6, 6.07) is 15.6. The summed E-state index contributed by atoms with van der Waals surface area (Å²) < 4.78 is 5.84. The van der Waals surface area contributed by atoms with Crippen molar-refractivity contribution in [3.05, 3.63) is 65.2 Å². The standard InChI is InChI=1S/C21H26N2O2.ClH/c1-16-5-2-6-17(11-16)15-25-20-9-3-8-19(12-20)21(24)23-14-18-7-4-10-22-13-18;/h2-3,5-6,8-9,11-12,18,22H,4,7,10,13-15H2,1H3,(H,23,24);1H. The van der Waals surface area contributed by atoms with Crippen molar-refractivity contribution in [3.8, 4) is 5.75 Å². The van der Waals surface area contributed by atoms with Crippen molar-refractivity contribution in [2.45, 2.75) is 26.4 Å². The molecule has 4 nitrogen and oxygen atoms in total. The Morgan fingerprint density at radius 1 is 1.23 bits per heavy atom. The molecule has 2 N–H and O–H groups in total. The monoisotopic (exact) mass is 374 g/mol. The lowest BCUT2D eigenvalue weighted by molar-refractivity contribution is 0.0944. The minimum Gasteiger partial charge on any atom is -0.489 e. The lowest BCUT2D eigenvalue weighted by atomic mass is 9.99. The van der Waals surface area contributed by atoms with Gasteiger partial charge in [-0.25, -0.2) is 0 Å². The maximum atomic E-state index is 12.4. The Hall–Kier alpha value is -2.04. The third-order valence-electron chi connectivity index (χ3n) is 4.53. The number of hydrogen-bond acceptors (Lipinski definition) is 3. The average Bonchev–Trinajstić information content (AvgIpc) is 2.65. The van der Waals surface area contributed by atoms with Crippen molar-refractivity contribution in [2.75, 3.05) is 19.6 Å². The van der Waals surface area contributed by atoms with Gasteiger partial charge in [-0.15, -0.1) is 12.4 Å². The van der Waals surface area contributed by atoms with Crippen LogP contribution in [0.3, 0.4) is 0 Å². The largest absolute Gasteiger partial charge is 0.489 e. The molecule has 3 rings (SSSR count). The predicted molar refractivity (Wildman–Crippen MR) is 107 cm³/mol. The van der Waals surface area contributed by atoms with Gasteiger partial charge in [-0.3, -0.25) is 4.79 Å². The van der Waals surface area contributed by atoms with E-state index in [2.05, 4.69) is 29.7 Å². The molecule has 140 valence electrons. The van der Waals surface area contributed by atoms with Gasteiger partial charge in [0.2, 0.25) is 0 Å². The summed E-state index contributed by atoms with van der Waals surface area (Å²) in [6.07, 6.45) is 2.36. The maximum absolute atomic E-state index is 12.4. The van der Waals surface area contributed by atoms with Gasteiger partial charge >= 0.3 is 0 Å². The molecule has 1 aliphatic heterocycles. The Bertz CT molecular complexity index is 715. The van der Waals surface area contributed by atoms with Crippen LogP contribution in [0.25, 0.3) is 0 Å². The molecule has 0 saturated carbocycles. The molecule has 0 spiro atoms. The van der Waals surface area contributed by atoms with Crippen molar-refractivity contribution >= 4 is 18.3 Å². The summed E-state index contributed by atoms with van der Waals surface area (Å²) in [7, 11) is 0. The first-order valence-electron chi connectivity index (χ1n) is 8.98. The molecule has 2 aromatic rings. The molecule has 1 atom stereocenters. The van der Waals surface area contributed by atoms with Crippen LogP contribution in [0.2, 0.25) is 0 Å². The van der Waals surface area contributed by atoms with Crippen LogP contribution in [0.4, 0.5) is 0 Å². The fraction of sp³-hybridized carbons (Fsp3) is 0.381. The number of piperidine rings is 1. The molecular formula is C21H27ClN2O2. The second kappa shape index (κ2) is 10.2. The molecule has 0 bridgehead atoms. The van der Waals surface area contributed by atoms with Crippen molar-refractivity contribution in [1.82, 2.24) is 10.6 Å². The van der Waals surface area contributed by atoms with Crippen molar-refractivity contribution < 1.29 is 9.53 Å². The average molecular weight is 375 g/mol. The van der Waals surface area contributed by atoms with Crippen molar-refractivity contribution in [1.29, 1.82) is 0 Å². The van der Waals surface area contributed by atoms with Gasteiger partial charge < -0.3 is 15.4 Å². The lowest BCUT2D eigenvalue weighted by Crippen LogP contribution is -2.38. The number of hydrogen-bond donors (Lipinski definition) is 2. The van der Waals surface area contributed by atoms with Gasteiger partial charge in [-0.1, -0.05) is 35.9 Å². The molecule has 2 aromatic carbocycles. The van der Waals surface area contributed by atoms with E-state index in [1.165, 1.54) is 18.4 Å². The summed E-state index contributed by atoms with van der Waals surface area (Å²) in [5.41, 5.74) is 2.98. The fourth-order valence-electron chi connectivity index (χ4n) is 3.13. The van der Waals surface area contributed by atoms with Crippen LogP contribution in [0.15, 0.2) is 48.5 Å². The van der Waals surface area contributed by atoms with E-state index in [0.29, 0.717) is 23.8 Å². The summed E-state index contributed by atoms with van der Waals surface area (Å²) in [6.45, 7) is 5.36. The molecule has 0 aliphatic carbocycles. The zero-order valence-corrected chi connectivity index (χ0v) is 16.0. The number of benzene rings is 2. The molecule has 1 saturated heterocycles. The normalized spacial score (nSPS) is 16.4. The lowest BCUT2D eigenvalue weighted by Gasteiger charge is -2.22. The molecular weight excluding hydrogens is 348 g/mol.